The van der Waals surface area contributed by atoms with Crippen LogP contribution in [0.5, 0.6) is 11.6 Å². The number of hydrogen-bond donors (Lipinski definition) is 1. The molecule has 1 aromatic carbocycles. The maximum Gasteiger partial charge on any atom is 0.416 e. The molecule has 1 aliphatic rings. The number of amides is 1. The van der Waals surface area contributed by atoms with Crippen LogP contribution in [0.4, 0.5) is 28.9 Å². The zero-order valence-electron chi connectivity index (χ0n) is 17.8. The fourth-order valence-corrected chi connectivity index (χ4v) is 3.65. The van der Waals surface area contributed by atoms with Crippen molar-refractivity contribution in [2.24, 2.45) is 0 Å². The van der Waals surface area contributed by atoms with Gasteiger partial charge in [0.1, 0.15) is 23.2 Å². The van der Waals surface area contributed by atoms with Crippen molar-refractivity contribution in [3.05, 3.63) is 65.9 Å². The molecule has 0 aliphatic carbocycles. The van der Waals surface area contributed by atoms with Gasteiger partial charge in [0.25, 0.3) is 5.91 Å². The molecule has 1 fully saturated rings. The summed E-state index contributed by atoms with van der Waals surface area (Å²) in [6.07, 6.45) is -0.484. The summed E-state index contributed by atoms with van der Waals surface area (Å²) >= 11 is 0. The zero-order valence-corrected chi connectivity index (χ0v) is 17.8. The number of pyridine rings is 1. The van der Waals surface area contributed by atoms with Crippen LogP contribution in [-0.4, -0.2) is 47.4 Å². The molecule has 0 unspecified atom stereocenters. The van der Waals surface area contributed by atoms with E-state index in [0.717, 1.165) is 12.1 Å². The van der Waals surface area contributed by atoms with Gasteiger partial charge in [0.2, 0.25) is 5.88 Å². The number of carbonyl (C=O) groups is 1. The Kier molecular flexibility index (Phi) is 6.48. The first-order valence-corrected chi connectivity index (χ1v) is 10.1. The van der Waals surface area contributed by atoms with Gasteiger partial charge in [-0.1, -0.05) is 0 Å². The van der Waals surface area contributed by atoms with Crippen molar-refractivity contribution in [1.29, 1.82) is 0 Å². The third kappa shape index (κ3) is 5.16. The summed E-state index contributed by atoms with van der Waals surface area (Å²) in [4.78, 5) is 19.0. The van der Waals surface area contributed by atoms with Crippen LogP contribution in [0, 0.1) is 5.82 Å². The normalized spacial score (nSPS) is 15.8. The van der Waals surface area contributed by atoms with Crippen LogP contribution < -0.4 is 19.7 Å². The molecule has 2 aromatic heterocycles. The van der Waals surface area contributed by atoms with Crippen molar-refractivity contribution >= 4 is 17.3 Å². The topological polar surface area (TPSA) is 89.5 Å². The van der Waals surface area contributed by atoms with Gasteiger partial charge in [0, 0.05) is 25.2 Å². The number of carbonyl (C=O) groups excluding carboxylic acids is 1. The van der Waals surface area contributed by atoms with Gasteiger partial charge in [-0.05, 0) is 24.3 Å². The Morgan fingerprint density at radius 1 is 1.18 bits per heavy atom. The monoisotopic (exact) mass is 477 g/mol. The quantitative estimate of drug-likeness (QED) is 0.538. The van der Waals surface area contributed by atoms with E-state index in [1.807, 2.05) is 4.90 Å². The summed E-state index contributed by atoms with van der Waals surface area (Å²) in [5.74, 6) is -1.64. The zero-order chi connectivity index (χ0) is 24.3. The van der Waals surface area contributed by atoms with Crippen molar-refractivity contribution in [1.82, 2.24) is 15.2 Å². The third-order valence-electron chi connectivity index (χ3n) is 5.14. The lowest BCUT2D eigenvalue weighted by molar-refractivity contribution is -0.137. The molecule has 4 rings (SSSR count). The highest BCUT2D eigenvalue weighted by Crippen LogP contribution is 2.34. The summed E-state index contributed by atoms with van der Waals surface area (Å²) in [7, 11) is 1.38. The molecule has 1 atom stereocenters. The number of methoxy groups -OCH3 is 1. The molecule has 0 bridgehead atoms. The Bertz CT molecular complexity index is 1180. The first-order valence-electron chi connectivity index (χ1n) is 10.1. The molecule has 0 radical (unpaired) electrons. The Morgan fingerprint density at radius 3 is 2.71 bits per heavy atom. The van der Waals surface area contributed by atoms with Crippen LogP contribution >= 0.6 is 0 Å². The molecule has 1 amide bonds. The van der Waals surface area contributed by atoms with Gasteiger partial charge in [-0.15, -0.1) is 0 Å². The van der Waals surface area contributed by atoms with Gasteiger partial charge < -0.3 is 19.7 Å². The number of alkyl halides is 3. The van der Waals surface area contributed by atoms with E-state index in [9.17, 15) is 22.4 Å². The van der Waals surface area contributed by atoms with Crippen molar-refractivity contribution < 1.29 is 31.8 Å². The predicted octanol–water partition coefficient (Wildman–Crippen LogP) is 3.95. The fourth-order valence-electron chi connectivity index (χ4n) is 3.65. The van der Waals surface area contributed by atoms with Gasteiger partial charge in [0.15, 0.2) is 0 Å². The summed E-state index contributed by atoms with van der Waals surface area (Å²) in [5.41, 5.74) is -0.0212. The fraction of sp³-hybridized carbons (Fsp3) is 0.273. The summed E-state index contributed by atoms with van der Waals surface area (Å²) in [6, 6.07) is 5.30. The van der Waals surface area contributed by atoms with Crippen LogP contribution in [0.2, 0.25) is 0 Å². The number of nitrogens with one attached hydrogen (secondary N) is 1. The van der Waals surface area contributed by atoms with E-state index in [4.69, 9.17) is 9.47 Å². The van der Waals surface area contributed by atoms with E-state index in [1.54, 1.807) is 12.1 Å². The summed E-state index contributed by atoms with van der Waals surface area (Å²) in [6.45, 7) is 0.693. The maximum absolute atomic E-state index is 13.7. The molecule has 8 nitrogen and oxygen atoms in total. The Hall–Kier alpha value is -3.96. The number of nitrogens with zero attached hydrogens (tertiary/aromatic N) is 4. The highest BCUT2D eigenvalue weighted by Gasteiger charge is 2.33. The third-order valence-corrected chi connectivity index (χ3v) is 5.14. The van der Waals surface area contributed by atoms with E-state index >= 15 is 0 Å². The van der Waals surface area contributed by atoms with Crippen molar-refractivity contribution in [2.75, 3.05) is 30.4 Å². The van der Waals surface area contributed by atoms with Crippen LogP contribution in [0.3, 0.4) is 0 Å². The molecule has 34 heavy (non-hydrogen) atoms. The average molecular weight is 477 g/mol. The highest BCUT2D eigenvalue weighted by atomic mass is 19.4. The van der Waals surface area contributed by atoms with E-state index in [0.29, 0.717) is 30.4 Å². The van der Waals surface area contributed by atoms with E-state index in [2.05, 4.69) is 20.5 Å². The second kappa shape index (κ2) is 9.49. The largest absolute Gasteiger partial charge is 0.488 e. The molecule has 3 heterocycles. The Labute approximate surface area is 191 Å². The molecule has 0 saturated carbocycles. The lowest BCUT2D eigenvalue weighted by Gasteiger charge is -2.23. The number of halogens is 4. The standard InChI is InChI=1S/C22H19F4N5O3/c1-33-21-19(20(32)30-15-2-6-28-29-11-15)18(3-5-27-21)31-7-4-16(12-31)34-17-9-13(22(24,25)26)8-14(23)10-17/h2-3,5-6,8-11,16H,4,7,12H2,1H3,(H,28,30,32)/t16-/m0/s1. The summed E-state index contributed by atoms with van der Waals surface area (Å²) < 4.78 is 63.6. The molecule has 0 spiro atoms. The second-order valence-electron chi connectivity index (χ2n) is 7.45. The van der Waals surface area contributed by atoms with Gasteiger partial charge in [-0.2, -0.15) is 23.4 Å². The van der Waals surface area contributed by atoms with Crippen LogP contribution in [-0.2, 0) is 6.18 Å². The number of hydrogen-bond acceptors (Lipinski definition) is 7. The number of benzene rings is 1. The van der Waals surface area contributed by atoms with Gasteiger partial charge in [0.05, 0.1) is 43.0 Å². The van der Waals surface area contributed by atoms with E-state index < -0.39 is 29.6 Å². The maximum atomic E-state index is 13.7. The van der Waals surface area contributed by atoms with Crippen molar-refractivity contribution in [2.45, 2.75) is 18.7 Å². The molecule has 3 aromatic rings. The average Bonchev–Trinajstić information content (AvgIpc) is 3.26. The van der Waals surface area contributed by atoms with E-state index in [1.165, 1.54) is 25.7 Å². The highest BCUT2D eigenvalue weighted by molar-refractivity contribution is 6.09. The number of rotatable bonds is 6. The lowest BCUT2D eigenvalue weighted by Crippen LogP contribution is -2.27. The first-order chi connectivity index (χ1) is 16.2. The number of anilines is 2. The minimum absolute atomic E-state index is 0.0985. The second-order valence-corrected chi connectivity index (χ2v) is 7.45. The molecule has 12 heteroatoms. The predicted molar refractivity (Wildman–Crippen MR) is 113 cm³/mol. The lowest BCUT2D eigenvalue weighted by atomic mass is 10.2. The molecule has 1 aliphatic heterocycles. The SMILES string of the molecule is COc1nccc(N2CC[C@H](Oc3cc(F)cc(C(F)(F)F)c3)C2)c1C(=O)Nc1ccnnc1. The number of aromatic nitrogens is 3. The molecular weight excluding hydrogens is 458 g/mol. The van der Waals surface area contributed by atoms with Gasteiger partial charge in [-0.25, -0.2) is 9.37 Å². The van der Waals surface area contributed by atoms with Gasteiger partial charge >= 0.3 is 6.18 Å². The Morgan fingerprint density at radius 2 is 2.00 bits per heavy atom. The minimum atomic E-state index is -4.69. The Balaban J connectivity index is 1.54. The van der Waals surface area contributed by atoms with E-state index in [-0.39, 0.29) is 23.7 Å². The molecule has 1 saturated heterocycles. The smallest absolute Gasteiger partial charge is 0.416 e. The summed E-state index contributed by atoms with van der Waals surface area (Å²) in [5, 5.41) is 10.1. The molecule has 1 N–H and O–H groups in total. The van der Waals surface area contributed by atoms with Crippen LogP contribution in [0.1, 0.15) is 22.3 Å². The molecule has 178 valence electrons. The van der Waals surface area contributed by atoms with Crippen LogP contribution in [0.15, 0.2) is 48.9 Å². The first kappa shape index (κ1) is 23.2. The minimum Gasteiger partial charge on any atom is -0.488 e. The molecular formula is C22H19F4N5O3. The van der Waals surface area contributed by atoms with Crippen molar-refractivity contribution in [3.8, 4) is 11.6 Å². The van der Waals surface area contributed by atoms with Crippen LogP contribution in [0.25, 0.3) is 0 Å². The van der Waals surface area contributed by atoms with Gasteiger partial charge in [-0.3, -0.25) is 4.79 Å². The number of ether oxygens (including phenoxy) is 2. The van der Waals surface area contributed by atoms with Crippen molar-refractivity contribution in [3.63, 3.8) is 0 Å².